The van der Waals surface area contributed by atoms with Gasteiger partial charge in [0.25, 0.3) is 0 Å². The fraction of sp³-hybridized carbons (Fsp3) is 0.600. The standard InChI is InChI=1S/C15H20F5P/c1-3-5-6-7-9-21(8-4-2)15-13(19)11(17)10(16)12(18)14(15)20/h3-9H2,1-2H3. The minimum Gasteiger partial charge on any atom is -0.203 e. The molecule has 1 rings (SSSR count). The summed E-state index contributed by atoms with van der Waals surface area (Å²) in [6, 6.07) is 0. The molecule has 0 spiro atoms. The molecular weight excluding hydrogens is 306 g/mol. The van der Waals surface area contributed by atoms with Crippen LogP contribution >= 0.6 is 7.92 Å². The van der Waals surface area contributed by atoms with Crippen LogP contribution in [0.25, 0.3) is 0 Å². The molecule has 0 aromatic heterocycles. The Balaban J connectivity index is 3.07. The molecule has 6 heteroatoms. The fourth-order valence-corrected chi connectivity index (χ4v) is 4.77. The maximum absolute atomic E-state index is 13.8. The normalized spacial score (nSPS) is 12.7. The Morgan fingerprint density at radius 2 is 1.14 bits per heavy atom. The summed E-state index contributed by atoms with van der Waals surface area (Å²) >= 11 is 0. The quantitative estimate of drug-likeness (QED) is 0.195. The average Bonchev–Trinajstić information content (AvgIpc) is 2.47. The molecular formula is C15H20F5P. The van der Waals surface area contributed by atoms with Gasteiger partial charge in [0.15, 0.2) is 23.3 Å². The topological polar surface area (TPSA) is 0 Å². The van der Waals surface area contributed by atoms with E-state index in [0.29, 0.717) is 18.7 Å². The van der Waals surface area contributed by atoms with Gasteiger partial charge in [-0.05, 0) is 18.7 Å². The highest BCUT2D eigenvalue weighted by atomic mass is 31.1. The van der Waals surface area contributed by atoms with Crippen molar-refractivity contribution in [1.82, 2.24) is 0 Å². The van der Waals surface area contributed by atoms with Crippen LogP contribution in [0.5, 0.6) is 0 Å². The number of unbranched alkanes of at least 4 members (excludes halogenated alkanes) is 3. The van der Waals surface area contributed by atoms with E-state index in [0.717, 1.165) is 25.7 Å². The smallest absolute Gasteiger partial charge is 0.200 e. The molecule has 1 atom stereocenters. The van der Waals surface area contributed by atoms with Gasteiger partial charge in [-0.15, -0.1) is 0 Å². The van der Waals surface area contributed by atoms with Gasteiger partial charge in [-0.3, -0.25) is 0 Å². The molecule has 0 fully saturated rings. The van der Waals surface area contributed by atoms with Crippen molar-refractivity contribution in [2.24, 2.45) is 0 Å². The minimum absolute atomic E-state index is 0.472. The van der Waals surface area contributed by atoms with Gasteiger partial charge in [0.05, 0.1) is 5.30 Å². The number of hydrogen-bond donors (Lipinski definition) is 0. The SMILES string of the molecule is CCCCCCP(CCC)c1c(F)c(F)c(F)c(F)c1F. The van der Waals surface area contributed by atoms with Crippen molar-refractivity contribution in [3.05, 3.63) is 29.1 Å². The summed E-state index contributed by atoms with van der Waals surface area (Å²) in [6.45, 7) is 3.88. The highest BCUT2D eigenvalue weighted by molar-refractivity contribution is 7.65. The first-order chi connectivity index (χ1) is 9.95. The summed E-state index contributed by atoms with van der Waals surface area (Å²) in [7, 11) is -1.36. The van der Waals surface area contributed by atoms with Crippen molar-refractivity contribution in [3.63, 3.8) is 0 Å². The molecule has 1 aromatic rings. The molecule has 0 amide bonds. The molecule has 1 aromatic carbocycles. The number of benzene rings is 1. The van der Waals surface area contributed by atoms with Crippen molar-refractivity contribution < 1.29 is 22.0 Å². The monoisotopic (exact) mass is 326 g/mol. The molecule has 1 unspecified atom stereocenters. The number of rotatable bonds is 8. The van der Waals surface area contributed by atoms with E-state index in [1.54, 1.807) is 0 Å². The van der Waals surface area contributed by atoms with Crippen molar-refractivity contribution in [2.45, 2.75) is 46.0 Å². The van der Waals surface area contributed by atoms with E-state index in [2.05, 4.69) is 0 Å². The molecule has 120 valence electrons. The van der Waals surface area contributed by atoms with Gasteiger partial charge in [-0.25, -0.2) is 22.0 Å². The Labute approximate surface area is 123 Å². The lowest BCUT2D eigenvalue weighted by atomic mass is 10.2. The van der Waals surface area contributed by atoms with Gasteiger partial charge in [-0.1, -0.05) is 47.5 Å². The van der Waals surface area contributed by atoms with Crippen molar-refractivity contribution in [1.29, 1.82) is 0 Å². The zero-order valence-corrected chi connectivity index (χ0v) is 13.2. The molecule has 21 heavy (non-hydrogen) atoms. The second kappa shape index (κ2) is 8.67. The second-order valence-corrected chi connectivity index (χ2v) is 7.39. The highest BCUT2D eigenvalue weighted by Crippen LogP contribution is 2.39. The predicted molar refractivity (Wildman–Crippen MR) is 77.0 cm³/mol. The van der Waals surface area contributed by atoms with Crippen LogP contribution in [0.1, 0.15) is 46.0 Å². The summed E-state index contributed by atoms with van der Waals surface area (Å²) in [4.78, 5) is 0. The van der Waals surface area contributed by atoms with Crippen LogP contribution in [-0.2, 0) is 0 Å². The molecule has 0 heterocycles. The van der Waals surface area contributed by atoms with Crippen molar-refractivity contribution >= 4 is 13.2 Å². The number of hydrogen-bond acceptors (Lipinski definition) is 0. The van der Waals surface area contributed by atoms with Crippen LogP contribution in [0.4, 0.5) is 22.0 Å². The number of halogens is 5. The van der Waals surface area contributed by atoms with E-state index in [9.17, 15) is 22.0 Å². The maximum atomic E-state index is 13.8. The van der Waals surface area contributed by atoms with Gasteiger partial charge in [0, 0.05) is 0 Å². The largest absolute Gasteiger partial charge is 0.203 e. The lowest BCUT2D eigenvalue weighted by molar-refractivity contribution is 0.384. The summed E-state index contributed by atoms with van der Waals surface area (Å²) in [6.07, 6.45) is 5.31. The zero-order chi connectivity index (χ0) is 16.0. The Hall–Kier alpha value is -0.700. The maximum Gasteiger partial charge on any atom is 0.200 e. The van der Waals surface area contributed by atoms with Crippen LogP contribution in [-0.4, -0.2) is 12.3 Å². The molecule has 0 saturated carbocycles. The van der Waals surface area contributed by atoms with Gasteiger partial charge in [-0.2, -0.15) is 0 Å². The van der Waals surface area contributed by atoms with E-state index >= 15 is 0 Å². The van der Waals surface area contributed by atoms with E-state index in [1.807, 2.05) is 13.8 Å². The Morgan fingerprint density at radius 3 is 1.62 bits per heavy atom. The van der Waals surface area contributed by atoms with E-state index in [4.69, 9.17) is 0 Å². The summed E-state index contributed by atoms with van der Waals surface area (Å²) < 4.78 is 67.4. The van der Waals surface area contributed by atoms with E-state index in [1.165, 1.54) is 0 Å². The Morgan fingerprint density at radius 1 is 0.619 bits per heavy atom. The van der Waals surface area contributed by atoms with Crippen LogP contribution in [0.2, 0.25) is 0 Å². The van der Waals surface area contributed by atoms with E-state index < -0.39 is 42.3 Å². The lowest BCUT2D eigenvalue weighted by Gasteiger charge is -2.19. The van der Waals surface area contributed by atoms with Gasteiger partial charge < -0.3 is 0 Å². The third-order valence-corrected chi connectivity index (χ3v) is 6.15. The molecule has 0 N–H and O–H groups in total. The minimum atomic E-state index is -2.08. The first kappa shape index (κ1) is 18.3. The lowest BCUT2D eigenvalue weighted by Crippen LogP contribution is -2.21. The molecule has 0 radical (unpaired) electrons. The first-order valence-electron chi connectivity index (χ1n) is 7.22. The third kappa shape index (κ3) is 4.38. The van der Waals surface area contributed by atoms with Gasteiger partial charge in [0.1, 0.15) is 0 Å². The van der Waals surface area contributed by atoms with Crippen molar-refractivity contribution in [2.75, 3.05) is 12.3 Å². The van der Waals surface area contributed by atoms with Crippen LogP contribution in [0.15, 0.2) is 0 Å². The van der Waals surface area contributed by atoms with Gasteiger partial charge >= 0.3 is 0 Å². The average molecular weight is 326 g/mol. The van der Waals surface area contributed by atoms with E-state index in [-0.39, 0.29) is 0 Å². The van der Waals surface area contributed by atoms with Crippen LogP contribution in [0.3, 0.4) is 0 Å². The predicted octanol–water partition coefficient (Wildman–Crippen LogP) is 5.48. The summed E-state index contributed by atoms with van der Waals surface area (Å²) in [5.74, 6) is -9.05. The first-order valence-corrected chi connectivity index (χ1v) is 8.93. The third-order valence-electron chi connectivity index (χ3n) is 3.28. The highest BCUT2D eigenvalue weighted by Gasteiger charge is 2.29. The van der Waals surface area contributed by atoms with Crippen molar-refractivity contribution in [3.8, 4) is 0 Å². The van der Waals surface area contributed by atoms with Crippen LogP contribution < -0.4 is 5.30 Å². The summed E-state index contributed by atoms with van der Waals surface area (Å²) in [5, 5.41) is -0.584. The molecule has 0 nitrogen and oxygen atoms in total. The molecule has 0 saturated heterocycles. The second-order valence-electron chi connectivity index (χ2n) is 4.97. The molecule has 0 aliphatic carbocycles. The fourth-order valence-electron chi connectivity index (χ4n) is 2.21. The Kier molecular flexibility index (Phi) is 7.58. The summed E-state index contributed by atoms with van der Waals surface area (Å²) in [5.41, 5.74) is 0. The molecule has 0 bridgehead atoms. The van der Waals surface area contributed by atoms with Crippen LogP contribution in [0, 0.1) is 29.1 Å². The molecule has 0 aliphatic rings. The zero-order valence-electron chi connectivity index (χ0n) is 12.3. The Bertz CT molecular complexity index is 447. The molecule has 0 aliphatic heterocycles. The van der Waals surface area contributed by atoms with Gasteiger partial charge in [0.2, 0.25) is 5.82 Å².